The first kappa shape index (κ1) is 17.6. The van der Waals surface area contributed by atoms with Crippen LogP contribution in [0.4, 0.5) is 0 Å². The number of nitrogens with one attached hydrogen (secondary N) is 2. The fourth-order valence-electron chi connectivity index (χ4n) is 2.79. The van der Waals surface area contributed by atoms with E-state index < -0.39 is 0 Å². The molecule has 0 unspecified atom stereocenters. The average Bonchev–Trinajstić information content (AvgIpc) is 3.33. The number of hydrogen-bond acceptors (Lipinski definition) is 7. The van der Waals surface area contributed by atoms with Gasteiger partial charge in [-0.2, -0.15) is 5.10 Å². The number of aromatic nitrogens is 5. The molecule has 0 aliphatic heterocycles. The summed E-state index contributed by atoms with van der Waals surface area (Å²) in [7, 11) is 0. The van der Waals surface area contributed by atoms with Crippen LogP contribution in [0.5, 0.6) is 0 Å². The lowest BCUT2D eigenvalue weighted by atomic mass is 10.2. The van der Waals surface area contributed by atoms with Crippen molar-refractivity contribution in [2.45, 2.75) is 44.3 Å². The van der Waals surface area contributed by atoms with E-state index >= 15 is 0 Å². The van der Waals surface area contributed by atoms with Crippen LogP contribution in [0.15, 0.2) is 11.4 Å². The van der Waals surface area contributed by atoms with E-state index in [1.54, 1.807) is 17.7 Å². The third-order valence-electron chi connectivity index (χ3n) is 4.40. The fourth-order valence-corrected chi connectivity index (χ4v) is 5.04. The smallest absolute Gasteiger partial charge is 0.230 e. The molecule has 3 aromatic rings. The van der Waals surface area contributed by atoms with Gasteiger partial charge in [0.1, 0.15) is 16.2 Å². The van der Waals surface area contributed by atoms with Crippen LogP contribution in [0, 0.1) is 18.6 Å². The van der Waals surface area contributed by atoms with Gasteiger partial charge in [0.2, 0.25) is 5.91 Å². The van der Waals surface area contributed by atoms with Crippen LogP contribution in [0.25, 0.3) is 10.2 Å². The number of aromatic amines is 1. The van der Waals surface area contributed by atoms with Crippen LogP contribution in [0.3, 0.4) is 0 Å². The van der Waals surface area contributed by atoms with Gasteiger partial charge in [-0.25, -0.2) is 9.97 Å². The maximum atomic E-state index is 12.3. The average molecular weight is 407 g/mol. The second-order valence-electron chi connectivity index (χ2n) is 6.25. The van der Waals surface area contributed by atoms with Gasteiger partial charge in [-0.3, -0.25) is 14.5 Å². The van der Waals surface area contributed by atoms with Crippen molar-refractivity contribution in [2.24, 2.45) is 0 Å². The molecule has 0 saturated heterocycles. The fraction of sp³-hybridized carbons (Fsp3) is 0.438. The quantitative estimate of drug-likeness (QED) is 0.371. The zero-order chi connectivity index (χ0) is 18.3. The third-order valence-corrected chi connectivity index (χ3v) is 6.80. The number of H-pyrrole nitrogens is 1. The van der Waals surface area contributed by atoms with Gasteiger partial charge in [0, 0.05) is 16.3 Å². The van der Waals surface area contributed by atoms with Crippen LogP contribution in [-0.4, -0.2) is 36.4 Å². The van der Waals surface area contributed by atoms with Gasteiger partial charge >= 0.3 is 0 Å². The highest BCUT2D eigenvalue weighted by Gasteiger charge is 2.27. The largest absolute Gasteiger partial charge is 0.348 e. The van der Waals surface area contributed by atoms with Gasteiger partial charge in [0.25, 0.3) is 0 Å². The Balaban J connectivity index is 1.40. The Bertz CT molecular complexity index is 1030. The monoisotopic (exact) mass is 406 g/mol. The summed E-state index contributed by atoms with van der Waals surface area (Å²) in [6, 6.07) is 0.432. The van der Waals surface area contributed by atoms with E-state index in [0.717, 1.165) is 33.9 Å². The number of thiophene rings is 1. The third kappa shape index (κ3) is 3.40. The second-order valence-corrected chi connectivity index (χ2v) is 8.81. The van der Waals surface area contributed by atoms with Crippen LogP contribution in [0.2, 0.25) is 0 Å². The molecule has 1 fully saturated rings. The topological polar surface area (TPSA) is 88.5 Å². The molecule has 7 nitrogen and oxygen atoms in total. The Kier molecular flexibility index (Phi) is 4.80. The van der Waals surface area contributed by atoms with Gasteiger partial charge in [-0.15, -0.1) is 11.3 Å². The minimum Gasteiger partial charge on any atom is -0.348 e. The molecule has 136 valence electrons. The van der Waals surface area contributed by atoms with Gasteiger partial charge in [-0.1, -0.05) is 11.8 Å². The number of thioether (sulfide) groups is 1. The van der Waals surface area contributed by atoms with Crippen molar-refractivity contribution in [3.05, 3.63) is 27.4 Å². The molecule has 10 heteroatoms. The zero-order valence-electron chi connectivity index (χ0n) is 14.4. The molecule has 0 atom stereocenters. The molecule has 1 saturated carbocycles. The number of fused-ring (bicyclic) bond motifs is 1. The summed E-state index contributed by atoms with van der Waals surface area (Å²) in [5.74, 6) is 1.03. The highest BCUT2D eigenvalue weighted by atomic mass is 32.2. The normalized spacial score (nSPS) is 14.1. The Morgan fingerprint density at radius 1 is 1.46 bits per heavy atom. The molecule has 0 bridgehead atoms. The lowest BCUT2D eigenvalue weighted by molar-refractivity contribution is -0.118. The summed E-state index contributed by atoms with van der Waals surface area (Å²) in [6.45, 7) is 4.52. The molecule has 2 N–H and O–H groups in total. The van der Waals surface area contributed by atoms with Gasteiger partial charge in [0.05, 0.1) is 12.3 Å². The number of carbonyl (C=O) groups is 1. The predicted octanol–water partition coefficient (Wildman–Crippen LogP) is 3.31. The highest BCUT2D eigenvalue weighted by Crippen LogP contribution is 2.36. The molecule has 1 amide bonds. The van der Waals surface area contributed by atoms with Gasteiger partial charge < -0.3 is 5.32 Å². The van der Waals surface area contributed by atoms with Gasteiger partial charge in [-0.05, 0) is 44.5 Å². The highest BCUT2D eigenvalue weighted by molar-refractivity contribution is 8.00. The van der Waals surface area contributed by atoms with Crippen LogP contribution in [-0.2, 0) is 11.3 Å². The molecule has 4 rings (SSSR count). The number of hydrogen-bond donors (Lipinski definition) is 2. The summed E-state index contributed by atoms with van der Waals surface area (Å²) in [6.07, 6.45) is 3.80. The molecule has 1 aliphatic rings. The minimum atomic E-state index is -0.0531. The molecule has 0 spiro atoms. The Labute approximate surface area is 163 Å². The maximum Gasteiger partial charge on any atom is 0.230 e. The van der Waals surface area contributed by atoms with E-state index in [2.05, 4.69) is 39.3 Å². The van der Waals surface area contributed by atoms with Crippen molar-refractivity contribution in [1.29, 1.82) is 0 Å². The summed E-state index contributed by atoms with van der Waals surface area (Å²) in [5.41, 5.74) is 1.19. The van der Waals surface area contributed by atoms with Crippen molar-refractivity contribution < 1.29 is 4.79 Å². The molecule has 26 heavy (non-hydrogen) atoms. The molecule has 1 aliphatic carbocycles. The first-order valence-electron chi connectivity index (χ1n) is 8.30. The van der Waals surface area contributed by atoms with Crippen molar-refractivity contribution in [3.63, 3.8) is 0 Å². The van der Waals surface area contributed by atoms with E-state index in [1.807, 2.05) is 4.57 Å². The lowest BCUT2D eigenvalue weighted by Crippen LogP contribution is -2.26. The first-order chi connectivity index (χ1) is 12.5. The summed E-state index contributed by atoms with van der Waals surface area (Å²) < 4.78 is 2.63. The summed E-state index contributed by atoms with van der Waals surface area (Å²) in [5, 5.41) is 11.9. The number of amides is 1. The lowest BCUT2D eigenvalue weighted by Gasteiger charge is -2.07. The number of rotatable bonds is 6. The van der Waals surface area contributed by atoms with E-state index in [9.17, 15) is 4.79 Å². The zero-order valence-corrected chi connectivity index (χ0v) is 16.9. The SMILES string of the molecule is Cc1sc2ncnc(SCC(=O)NCc3n[nH]c(=S)n3C3CC3)c2c1C. The first-order valence-corrected chi connectivity index (χ1v) is 10.5. The van der Waals surface area contributed by atoms with Crippen molar-refractivity contribution in [3.8, 4) is 0 Å². The molecular weight excluding hydrogens is 388 g/mol. The molecule has 0 aromatic carbocycles. The molecule has 0 radical (unpaired) electrons. The summed E-state index contributed by atoms with van der Waals surface area (Å²) in [4.78, 5) is 23.2. The Morgan fingerprint density at radius 3 is 3.04 bits per heavy atom. The van der Waals surface area contributed by atoms with E-state index in [-0.39, 0.29) is 5.91 Å². The molecule has 3 aromatic heterocycles. The van der Waals surface area contributed by atoms with Crippen LogP contribution in [0.1, 0.15) is 35.1 Å². The van der Waals surface area contributed by atoms with Crippen molar-refractivity contribution in [2.75, 3.05) is 5.75 Å². The van der Waals surface area contributed by atoms with Crippen molar-refractivity contribution >= 4 is 51.4 Å². The number of aryl methyl sites for hydroxylation is 2. The maximum absolute atomic E-state index is 12.3. The predicted molar refractivity (Wildman–Crippen MR) is 105 cm³/mol. The molecular formula is C16H18N6OS3. The Hall–Kier alpha value is -1.78. The van der Waals surface area contributed by atoms with Crippen LogP contribution < -0.4 is 5.32 Å². The van der Waals surface area contributed by atoms with Crippen molar-refractivity contribution in [1.82, 2.24) is 30.0 Å². The van der Waals surface area contributed by atoms with E-state index in [4.69, 9.17) is 12.2 Å². The molecule has 3 heterocycles. The standard InChI is InChI=1S/C16H18N6OS3/c1-8-9(2)26-15-13(8)14(18-7-19-15)25-6-12(23)17-5-11-20-21-16(24)22(11)10-3-4-10/h7,10H,3-6H2,1-2H3,(H,17,23)(H,21,24). The number of nitrogens with zero attached hydrogens (tertiary/aromatic N) is 4. The number of carbonyl (C=O) groups excluding carboxylic acids is 1. The van der Waals surface area contributed by atoms with E-state index in [0.29, 0.717) is 23.1 Å². The Morgan fingerprint density at radius 2 is 2.27 bits per heavy atom. The summed E-state index contributed by atoms with van der Waals surface area (Å²) >= 11 is 8.35. The van der Waals surface area contributed by atoms with Gasteiger partial charge in [0.15, 0.2) is 10.6 Å². The second kappa shape index (κ2) is 7.09. The van der Waals surface area contributed by atoms with E-state index in [1.165, 1.54) is 22.2 Å². The minimum absolute atomic E-state index is 0.0531. The van der Waals surface area contributed by atoms with Crippen LogP contribution >= 0.6 is 35.3 Å².